The quantitative estimate of drug-likeness (QED) is 0.242. The summed E-state index contributed by atoms with van der Waals surface area (Å²) < 4.78 is 36.4. The average molecular weight is 325 g/mol. The highest BCUT2D eigenvalue weighted by Crippen LogP contribution is 2.04. The lowest BCUT2D eigenvalue weighted by atomic mass is 10.1. The van der Waals surface area contributed by atoms with Gasteiger partial charge in [0.05, 0.1) is 13.2 Å². The Hall–Kier alpha value is -0.960. The third kappa shape index (κ3) is 13.8. The van der Waals surface area contributed by atoms with E-state index in [9.17, 15) is 17.8 Å². The highest BCUT2D eigenvalue weighted by atomic mass is 32.3. The van der Waals surface area contributed by atoms with Crippen LogP contribution in [0.4, 0.5) is 0 Å². The summed E-state index contributed by atoms with van der Waals surface area (Å²) in [5.41, 5.74) is -0.0618. The first-order chi connectivity index (χ1) is 9.38. The van der Waals surface area contributed by atoms with Crippen molar-refractivity contribution in [1.29, 1.82) is 0 Å². The summed E-state index contributed by atoms with van der Waals surface area (Å²) in [6.45, 7) is 13.3. The molecule has 0 atom stereocenters. The molecule has 21 heavy (non-hydrogen) atoms. The molecule has 2 N–H and O–H groups in total. The minimum Gasteiger partial charge on any atom is -0.726 e. The van der Waals surface area contributed by atoms with Crippen LogP contribution in [0.15, 0.2) is 12.2 Å². The van der Waals surface area contributed by atoms with Gasteiger partial charge in [0.2, 0.25) is 16.1 Å². The maximum absolute atomic E-state index is 11.4. The molecule has 0 aliphatic rings. The van der Waals surface area contributed by atoms with Gasteiger partial charge in [-0.2, -0.15) is 0 Å². The highest BCUT2D eigenvalue weighted by molar-refractivity contribution is 7.80. The van der Waals surface area contributed by atoms with E-state index in [2.05, 4.69) is 29.9 Å². The molecule has 0 aromatic heterocycles. The molecule has 0 amide bonds. The molecule has 0 saturated heterocycles. The number of esters is 1. The fourth-order valence-electron chi connectivity index (χ4n) is 1.45. The summed E-state index contributed by atoms with van der Waals surface area (Å²) >= 11 is 0. The number of ether oxygens (including phenoxy) is 1. The van der Waals surface area contributed by atoms with Gasteiger partial charge >= 0.3 is 5.97 Å². The van der Waals surface area contributed by atoms with Crippen molar-refractivity contribution in [2.75, 3.05) is 7.11 Å². The van der Waals surface area contributed by atoms with Gasteiger partial charge in [0.1, 0.15) is 0 Å². The molecule has 0 aliphatic heterocycles. The van der Waals surface area contributed by atoms with Crippen LogP contribution in [0.5, 0.6) is 0 Å². The second-order valence-electron chi connectivity index (χ2n) is 5.09. The number of hydrogen-bond acceptors (Lipinski definition) is 6. The predicted octanol–water partition coefficient (Wildman–Crippen LogP) is 0.687. The molecule has 0 saturated carbocycles. The van der Waals surface area contributed by atoms with Gasteiger partial charge in [0.25, 0.3) is 0 Å². The fourth-order valence-corrected chi connectivity index (χ4v) is 1.45. The maximum atomic E-state index is 11.4. The van der Waals surface area contributed by atoms with Crippen molar-refractivity contribution in [3.8, 4) is 0 Å². The molecule has 7 nitrogen and oxygen atoms in total. The Morgan fingerprint density at radius 3 is 1.95 bits per heavy atom. The first-order valence-corrected chi connectivity index (χ1v) is 7.98. The number of nitrogens with two attached hydrogens (primary N) is 1. The average Bonchev–Trinajstić information content (AvgIpc) is 2.35. The molecule has 0 bridgehead atoms. The number of carbonyl (C=O) groups excluding carboxylic acids is 1. The molecular weight excluding hydrogens is 298 g/mol. The van der Waals surface area contributed by atoms with E-state index in [1.54, 1.807) is 6.92 Å². The van der Waals surface area contributed by atoms with Gasteiger partial charge in [-0.3, -0.25) is 4.18 Å². The van der Waals surface area contributed by atoms with E-state index >= 15 is 0 Å². The van der Waals surface area contributed by atoms with Gasteiger partial charge in [0.15, 0.2) is 0 Å². The molecule has 0 aliphatic carbocycles. The standard InChI is InChI=1S/C12H23NO2.CH4O4S/c1-7-10(8-2)13-12(5,6)15-11(14)9(3)4;1-5-6(2,3)4/h10,13H,3,7-8H2,1-2,4-6H3;1H3,(H,2,3,4). The van der Waals surface area contributed by atoms with Crippen molar-refractivity contribution in [3.05, 3.63) is 12.2 Å². The van der Waals surface area contributed by atoms with Gasteiger partial charge in [0, 0.05) is 19.4 Å². The van der Waals surface area contributed by atoms with Crippen LogP contribution >= 0.6 is 0 Å². The molecule has 8 heteroatoms. The number of rotatable bonds is 7. The summed E-state index contributed by atoms with van der Waals surface area (Å²) in [5.74, 6) is -0.317. The van der Waals surface area contributed by atoms with E-state index in [0.29, 0.717) is 11.6 Å². The van der Waals surface area contributed by atoms with Gasteiger partial charge in [-0.05, 0) is 19.8 Å². The van der Waals surface area contributed by atoms with E-state index in [1.807, 2.05) is 13.8 Å². The smallest absolute Gasteiger partial charge is 0.337 e. The summed E-state index contributed by atoms with van der Waals surface area (Å²) in [6.07, 6.45) is 2.15. The number of hydrogen-bond donors (Lipinski definition) is 1. The van der Waals surface area contributed by atoms with Crippen molar-refractivity contribution < 1.29 is 32.0 Å². The van der Waals surface area contributed by atoms with Crippen LogP contribution in [-0.4, -0.2) is 37.8 Å². The summed E-state index contributed by atoms with van der Waals surface area (Å²) in [5, 5.41) is 2.10. The molecule has 0 fully saturated rings. The predicted molar refractivity (Wildman–Crippen MR) is 78.0 cm³/mol. The van der Waals surface area contributed by atoms with Crippen LogP contribution in [-0.2, 0) is 24.1 Å². The van der Waals surface area contributed by atoms with Crippen molar-refractivity contribution in [2.45, 2.75) is 59.2 Å². The Labute approximate surface area is 127 Å². The Balaban J connectivity index is 0. The lowest BCUT2D eigenvalue weighted by Gasteiger charge is -2.27. The van der Waals surface area contributed by atoms with Gasteiger partial charge in [-0.15, -0.1) is 0 Å². The molecule has 0 heterocycles. The monoisotopic (exact) mass is 325 g/mol. The van der Waals surface area contributed by atoms with Crippen molar-refractivity contribution >= 4 is 16.4 Å². The lowest BCUT2D eigenvalue weighted by Crippen LogP contribution is -3.00. The molecule has 0 spiro atoms. The van der Waals surface area contributed by atoms with Crippen LogP contribution < -0.4 is 5.32 Å². The Morgan fingerprint density at radius 2 is 1.71 bits per heavy atom. The van der Waals surface area contributed by atoms with Gasteiger partial charge in [-0.25, -0.2) is 13.2 Å². The van der Waals surface area contributed by atoms with E-state index < -0.39 is 16.1 Å². The van der Waals surface area contributed by atoms with Crippen LogP contribution in [0, 0.1) is 0 Å². The van der Waals surface area contributed by atoms with Crippen molar-refractivity contribution in [3.63, 3.8) is 0 Å². The topological polar surface area (TPSA) is 109 Å². The fraction of sp³-hybridized carbons (Fsp3) is 0.769. The largest absolute Gasteiger partial charge is 0.726 e. The summed E-state index contributed by atoms with van der Waals surface area (Å²) in [4.78, 5) is 11.4. The van der Waals surface area contributed by atoms with E-state index in [0.717, 1.165) is 20.0 Å². The summed E-state index contributed by atoms with van der Waals surface area (Å²) in [6, 6.07) is 0.498. The normalized spacial score (nSPS) is 11.6. The van der Waals surface area contributed by atoms with E-state index in [4.69, 9.17) is 4.74 Å². The first kappa shape index (κ1) is 22.3. The van der Waals surface area contributed by atoms with Crippen LogP contribution in [0.1, 0.15) is 47.5 Å². The van der Waals surface area contributed by atoms with Crippen molar-refractivity contribution in [2.24, 2.45) is 0 Å². The molecule has 126 valence electrons. The highest BCUT2D eigenvalue weighted by Gasteiger charge is 2.29. The molecule has 0 rings (SSSR count). The Bertz CT molecular complexity index is 426. The first-order valence-electron chi connectivity index (χ1n) is 6.64. The minimum absolute atomic E-state index is 0.317. The zero-order valence-corrected chi connectivity index (χ0v) is 14.5. The molecular formula is C13H27NO6S. The van der Waals surface area contributed by atoms with Gasteiger partial charge < -0.3 is 14.6 Å². The zero-order chi connectivity index (χ0) is 17.3. The Morgan fingerprint density at radius 1 is 1.33 bits per heavy atom. The second kappa shape index (κ2) is 9.88. The van der Waals surface area contributed by atoms with E-state index in [-0.39, 0.29) is 5.97 Å². The molecule has 0 aromatic rings. The van der Waals surface area contributed by atoms with Crippen LogP contribution in [0.25, 0.3) is 0 Å². The third-order valence-corrected chi connectivity index (χ3v) is 3.00. The molecule has 0 aromatic carbocycles. The number of carbonyl (C=O) groups is 1. The third-order valence-electron chi connectivity index (χ3n) is 2.59. The van der Waals surface area contributed by atoms with Crippen molar-refractivity contribution in [1.82, 2.24) is 0 Å². The SMILES string of the molecule is C=C(C)C(=O)OC(C)(C)[NH2+]C(CC)CC.COS(=O)(=O)[O-]. The zero-order valence-electron chi connectivity index (χ0n) is 13.6. The molecule has 0 radical (unpaired) electrons. The maximum Gasteiger partial charge on any atom is 0.337 e. The Kier molecular flexibility index (Phi) is 10.5. The van der Waals surface area contributed by atoms with Crippen LogP contribution in [0.3, 0.4) is 0 Å². The van der Waals surface area contributed by atoms with Crippen LogP contribution in [0.2, 0.25) is 0 Å². The van der Waals surface area contributed by atoms with Gasteiger partial charge in [-0.1, -0.05) is 20.4 Å². The molecule has 0 unspecified atom stereocenters. The second-order valence-corrected chi connectivity index (χ2v) is 6.24. The summed E-state index contributed by atoms with van der Waals surface area (Å²) in [7, 11) is -3.60. The van der Waals surface area contributed by atoms with E-state index in [1.165, 1.54) is 0 Å². The number of quaternary nitrogens is 1. The minimum atomic E-state index is -4.41. The lowest BCUT2D eigenvalue weighted by molar-refractivity contribution is -0.784.